The molecule has 0 fully saturated rings. The summed E-state index contributed by atoms with van der Waals surface area (Å²) in [6.45, 7) is 0.861. The first kappa shape index (κ1) is 19.9. The van der Waals surface area contributed by atoms with Crippen molar-refractivity contribution >= 4 is 34.8 Å². The van der Waals surface area contributed by atoms with E-state index >= 15 is 0 Å². The lowest BCUT2D eigenvalue weighted by Gasteiger charge is -2.28. The molecule has 1 aromatic carbocycles. The van der Waals surface area contributed by atoms with Crippen LogP contribution in [0.2, 0.25) is 0 Å². The SMILES string of the molecule is O=C(NO)c1cc2c(s1)CCN(C(=O)/C(=C/c1ccncc1)c1ccc(F)cc1)C2. The number of aromatic nitrogens is 1. The van der Waals surface area contributed by atoms with Gasteiger partial charge in [-0.25, -0.2) is 9.87 Å². The summed E-state index contributed by atoms with van der Waals surface area (Å²) < 4.78 is 13.4. The van der Waals surface area contributed by atoms with Crippen LogP contribution in [-0.2, 0) is 17.8 Å². The van der Waals surface area contributed by atoms with Crippen LogP contribution in [0.5, 0.6) is 0 Å². The molecule has 0 saturated heterocycles. The first-order chi connectivity index (χ1) is 14.5. The topological polar surface area (TPSA) is 82.5 Å². The first-order valence-corrected chi connectivity index (χ1v) is 10.1. The number of benzene rings is 1. The molecule has 8 heteroatoms. The molecule has 0 atom stereocenters. The number of carbonyl (C=O) groups is 2. The summed E-state index contributed by atoms with van der Waals surface area (Å²) in [7, 11) is 0. The van der Waals surface area contributed by atoms with Crippen molar-refractivity contribution in [2.24, 2.45) is 0 Å². The number of thiophene rings is 1. The van der Waals surface area contributed by atoms with Crippen molar-refractivity contribution < 1.29 is 19.2 Å². The Bertz CT molecular complexity index is 1110. The maximum Gasteiger partial charge on any atom is 0.284 e. The average molecular weight is 423 g/mol. The van der Waals surface area contributed by atoms with E-state index in [1.54, 1.807) is 59.2 Å². The fourth-order valence-electron chi connectivity index (χ4n) is 3.37. The number of fused-ring (bicyclic) bond motifs is 1. The van der Waals surface area contributed by atoms with Crippen molar-refractivity contribution in [1.82, 2.24) is 15.4 Å². The van der Waals surface area contributed by atoms with Gasteiger partial charge < -0.3 is 4.90 Å². The number of hydroxylamine groups is 1. The monoisotopic (exact) mass is 423 g/mol. The lowest BCUT2D eigenvalue weighted by atomic mass is 10.00. The van der Waals surface area contributed by atoms with E-state index in [1.165, 1.54) is 23.5 Å². The summed E-state index contributed by atoms with van der Waals surface area (Å²) in [6.07, 6.45) is 5.68. The van der Waals surface area contributed by atoms with Crippen LogP contribution < -0.4 is 5.48 Å². The van der Waals surface area contributed by atoms with Crippen molar-refractivity contribution in [3.63, 3.8) is 0 Å². The van der Waals surface area contributed by atoms with Gasteiger partial charge in [0.05, 0.1) is 4.88 Å². The summed E-state index contributed by atoms with van der Waals surface area (Å²) in [5, 5.41) is 8.85. The predicted octanol–water partition coefficient (Wildman–Crippen LogP) is 3.53. The average Bonchev–Trinajstić information content (AvgIpc) is 3.21. The zero-order chi connectivity index (χ0) is 21.1. The zero-order valence-electron chi connectivity index (χ0n) is 15.8. The Hall–Kier alpha value is -3.36. The van der Waals surface area contributed by atoms with E-state index in [-0.39, 0.29) is 11.7 Å². The van der Waals surface area contributed by atoms with E-state index < -0.39 is 5.91 Å². The van der Waals surface area contributed by atoms with Crippen LogP contribution in [0.15, 0.2) is 54.9 Å². The van der Waals surface area contributed by atoms with E-state index in [9.17, 15) is 14.0 Å². The summed E-state index contributed by atoms with van der Waals surface area (Å²) in [5.74, 6) is -1.11. The van der Waals surface area contributed by atoms with E-state index in [0.717, 1.165) is 16.0 Å². The summed E-state index contributed by atoms with van der Waals surface area (Å²) in [4.78, 5) is 32.3. The molecule has 152 valence electrons. The van der Waals surface area contributed by atoms with Crippen molar-refractivity contribution in [3.8, 4) is 0 Å². The van der Waals surface area contributed by atoms with Crippen LogP contribution in [0, 0.1) is 5.82 Å². The highest BCUT2D eigenvalue weighted by atomic mass is 32.1. The molecule has 6 nitrogen and oxygen atoms in total. The molecule has 0 unspecified atom stereocenters. The molecular formula is C22H18FN3O3S. The zero-order valence-corrected chi connectivity index (χ0v) is 16.7. The Kier molecular flexibility index (Phi) is 5.69. The van der Waals surface area contributed by atoms with Gasteiger partial charge in [-0.15, -0.1) is 11.3 Å². The molecule has 3 aromatic rings. The lowest BCUT2D eigenvalue weighted by molar-refractivity contribution is -0.125. The van der Waals surface area contributed by atoms with Crippen LogP contribution in [0.3, 0.4) is 0 Å². The van der Waals surface area contributed by atoms with Crippen molar-refractivity contribution in [2.45, 2.75) is 13.0 Å². The minimum absolute atomic E-state index is 0.177. The van der Waals surface area contributed by atoms with Gasteiger partial charge in [0.1, 0.15) is 5.82 Å². The number of hydrogen-bond acceptors (Lipinski definition) is 5. The maximum atomic E-state index is 13.4. The lowest BCUT2D eigenvalue weighted by Crippen LogP contribution is -2.35. The molecule has 2 amide bonds. The largest absolute Gasteiger partial charge is 0.334 e. The minimum Gasteiger partial charge on any atom is -0.334 e. The quantitative estimate of drug-likeness (QED) is 0.382. The molecule has 2 aromatic heterocycles. The molecule has 4 rings (SSSR count). The third kappa shape index (κ3) is 4.14. The van der Waals surface area contributed by atoms with Gasteiger partial charge in [-0.1, -0.05) is 12.1 Å². The fourth-order valence-corrected chi connectivity index (χ4v) is 4.42. The van der Waals surface area contributed by atoms with Crippen LogP contribution >= 0.6 is 11.3 Å². The predicted molar refractivity (Wildman–Crippen MR) is 111 cm³/mol. The molecule has 0 spiro atoms. The number of nitrogens with zero attached hydrogens (tertiary/aromatic N) is 2. The molecule has 1 aliphatic rings. The smallest absolute Gasteiger partial charge is 0.284 e. The standard InChI is InChI=1S/C22H18FN3O3S/c23-17-3-1-15(2-4-17)18(11-14-5-8-24-9-6-14)22(28)26-10-7-19-16(13-26)12-20(30-19)21(27)25-29/h1-6,8-9,11-12,29H,7,10,13H2,(H,25,27)/b18-11+. The molecule has 0 aliphatic carbocycles. The van der Waals surface area contributed by atoms with Crippen molar-refractivity contribution in [2.75, 3.05) is 6.54 Å². The summed E-state index contributed by atoms with van der Waals surface area (Å²) in [5.41, 5.74) is 4.42. The summed E-state index contributed by atoms with van der Waals surface area (Å²) in [6, 6.07) is 11.1. The van der Waals surface area contributed by atoms with Crippen LogP contribution in [0.1, 0.15) is 31.2 Å². The number of halogens is 1. The third-order valence-corrected chi connectivity index (χ3v) is 6.12. The minimum atomic E-state index is -0.558. The van der Waals surface area contributed by atoms with E-state index in [0.29, 0.717) is 35.5 Å². The van der Waals surface area contributed by atoms with Gasteiger partial charge in [0.2, 0.25) is 0 Å². The van der Waals surface area contributed by atoms with Gasteiger partial charge in [-0.05, 0) is 59.5 Å². The Morgan fingerprint density at radius 3 is 2.60 bits per heavy atom. The number of rotatable bonds is 4. The van der Waals surface area contributed by atoms with Gasteiger partial charge in [-0.3, -0.25) is 19.8 Å². The van der Waals surface area contributed by atoms with Crippen molar-refractivity contribution in [1.29, 1.82) is 0 Å². The second kappa shape index (κ2) is 8.56. The van der Waals surface area contributed by atoms with E-state index in [2.05, 4.69) is 4.98 Å². The number of hydrogen-bond donors (Lipinski definition) is 2. The van der Waals surface area contributed by atoms with Gasteiger partial charge in [0, 0.05) is 35.9 Å². The molecular weight excluding hydrogens is 405 g/mol. The highest BCUT2D eigenvalue weighted by Gasteiger charge is 2.26. The second-order valence-corrected chi connectivity index (χ2v) is 7.96. The van der Waals surface area contributed by atoms with Crippen LogP contribution in [0.4, 0.5) is 4.39 Å². The molecule has 3 heterocycles. The molecule has 0 saturated carbocycles. The molecule has 0 bridgehead atoms. The molecule has 2 N–H and O–H groups in total. The normalized spacial score (nSPS) is 13.7. The molecule has 1 aliphatic heterocycles. The Balaban J connectivity index is 1.65. The Labute approximate surface area is 176 Å². The van der Waals surface area contributed by atoms with Crippen LogP contribution in [-0.4, -0.2) is 33.5 Å². The fraction of sp³-hybridized carbons (Fsp3) is 0.136. The number of amides is 2. The van der Waals surface area contributed by atoms with Gasteiger partial charge in [-0.2, -0.15) is 0 Å². The number of pyridine rings is 1. The highest BCUT2D eigenvalue weighted by Crippen LogP contribution is 2.30. The van der Waals surface area contributed by atoms with Gasteiger partial charge >= 0.3 is 0 Å². The summed E-state index contributed by atoms with van der Waals surface area (Å²) >= 11 is 1.32. The molecule has 30 heavy (non-hydrogen) atoms. The maximum absolute atomic E-state index is 13.4. The first-order valence-electron chi connectivity index (χ1n) is 9.28. The third-order valence-electron chi connectivity index (χ3n) is 4.88. The van der Waals surface area contributed by atoms with Gasteiger partial charge in [0.15, 0.2) is 0 Å². The second-order valence-electron chi connectivity index (χ2n) is 6.82. The molecule has 0 radical (unpaired) electrons. The van der Waals surface area contributed by atoms with E-state index in [4.69, 9.17) is 5.21 Å². The number of carbonyl (C=O) groups excluding carboxylic acids is 2. The highest BCUT2D eigenvalue weighted by molar-refractivity contribution is 7.14. The van der Waals surface area contributed by atoms with Crippen LogP contribution in [0.25, 0.3) is 11.6 Å². The van der Waals surface area contributed by atoms with Gasteiger partial charge in [0.25, 0.3) is 11.8 Å². The van der Waals surface area contributed by atoms with Crippen molar-refractivity contribution in [3.05, 3.63) is 87.1 Å². The Morgan fingerprint density at radius 1 is 1.17 bits per heavy atom. The number of nitrogens with one attached hydrogen (secondary N) is 1. The Morgan fingerprint density at radius 2 is 1.90 bits per heavy atom. The van der Waals surface area contributed by atoms with E-state index in [1.807, 2.05) is 0 Å².